The van der Waals surface area contributed by atoms with Crippen molar-refractivity contribution in [2.75, 3.05) is 13.1 Å². The molecule has 0 saturated carbocycles. The first kappa shape index (κ1) is 8.91. The third-order valence-corrected chi connectivity index (χ3v) is 2.54. The van der Waals surface area contributed by atoms with Gasteiger partial charge >= 0.3 is 0 Å². The summed E-state index contributed by atoms with van der Waals surface area (Å²) < 4.78 is 0. The first-order chi connectivity index (χ1) is 6.34. The lowest BCUT2D eigenvalue weighted by Crippen LogP contribution is -2.11. The molecule has 2 rings (SSSR count). The second kappa shape index (κ2) is 4.03. The number of halogens is 1. The van der Waals surface area contributed by atoms with E-state index in [1.165, 1.54) is 6.42 Å². The van der Waals surface area contributed by atoms with Crippen molar-refractivity contribution in [3.8, 4) is 0 Å². The number of hydrogen-bond donors (Lipinski definition) is 1. The standard InChI is InChI=1S/C9H12ClN3/c10-8-4-9(13-12-6-8)3-7-1-2-11-5-7/h4,6-7,11H,1-3,5H2. The highest BCUT2D eigenvalue weighted by Crippen LogP contribution is 2.15. The maximum atomic E-state index is 5.81. The lowest BCUT2D eigenvalue weighted by Gasteiger charge is -2.05. The van der Waals surface area contributed by atoms with Crippen LogP contribution in [0.5, 0.6) is 0 Å². The largest absolute Gasteiger partial charge is 0.316 e. The normalized spacial score (nSPS) is 22.1. The molecular weight excluding hydrogens is 186 g/mol. The van der Waals surface area contributed by atoms with Gasteiger partial charge in [-0.25, -0.2) is 0 Å². The Kier molecular flexibility index (Phi) is 2.76. The fourth-order valence-electron chi connectivity index (χ4n) is 1.67. The topological polar surface area (TPSA) is 37.8 Å². The smallest absolute Gasteiger partial charge is 0.0682 e. The molecule has 0 amide bonds. The van der Waals surface area contributed by atoms with Gasteiger partial charge in [-0.15, -0.1) is 0 Å². The van der Waals surface area contributed by atoms with Crippen LogP contribution in [-0.4, -0.2) is 23.3 Å². The van der Waals surface area contributed by atoms with Crippen LogP contribution in [0, 0.1) is 5.92 Å². The molecule has 3 nitrogen and oxygen atoms in total. The lowest BCUT2D eigenvalue weighted by molar-refractivity contribution is 0.567. The van der Waals surface area contributed by atoms with Crippen LogP contribution in [0.4, 0.5) is 0 Å². The molecule has 0 aromatic carbocycles. The molecule has 1 N–H and O–H groups in total. The second-order valence-corrected chi connectivity index (χ2v) is 3.86. The van der Waals surface area contributed by atoms with Crippen LogP contribution in [0.25, 0.3) is 0 Å². The molecule has 0 radical (unpaired) electrons. The van der Waals surface area contributed by atoms with Gasteiger partial charge in [0, 0.05) is 0 Å². The van der Waals surface area contributed by atoms with Gasteiger partial charge in [-0.3, -0.25) is 0 Å². The van der Waals surface area contributed by atoms with Gasteiger partial charge in [0.1, 0.15) is 0 Å². The molecule has 70 valence electrons. The molecule has 0 spiro atoms. The Morgan fingerprint density at radius 3 is 3.23 bits per heavy atom. The van der Waals surface area contributed by atoms with Crippen molar-refractivity contribution in [1.82, 2.24) is 15.5 Å². The molecule has 1 aliphatic rings. The number of rotatable bonds is 2. The maximum absolute atomic E-state index is 5.81. The summed E-state index contributed by atoms with van der Waals surface area (Å²) in [5.41, 5.74) is 1.00. The first-order valence-corrected chi connectivity index (χ1v) is 4.90. The summed E-state index contributed by atoms with van der Waals surface area (Å²) in [7, 11) is 0. The molecular formula is C9H12ClN3. The van der Waals surface area contributed by atoms with Crippen LogP contribution in [-0.2, 0) is 6.42 Å². The van der Waals surface area contributed by atoms with Gasteiger partial charge in [0.25, 0.3) is 0 Å². The van der Waals surface area contributed by atoms with Crippen LogP contribution < -0.4 is 5.32 Å². The van der Waals surface area contributed by atoms with Crippen LogP contribution in [0.2, 0.25) is 5.02 Å². The van der Waals surface area contributed by atoms with Gasteiger partial charge in [0.15, 0.2) is 0 Å². The van der Waals surface area contributed by atoms with Gasteiger partial charge in [0.05, 0.1) is 16.9 Å². The third kappa shape index (κ3) is 2.39. The zero-order chi connectivity index (χ0) is 9.10. The molecule has 1 saturated heterocycles. The summed E-state index contributed by atoms with van der Waals surface area (Å²) in [6, 6.07) is 1.90. The quantitative estimate of drug-likeness (QED) is 0.777. The lowest BCUT2D eigenvalue weighted by atomic mass is 10.0. The van der Waals surface area contributed by atoms with Crippen molar-refractivity contribution in [2.24, 2.45) is 5.92 Å². The molecule has 0 bridgehead atoms. The predicted molar refractivity (Wildman–Crippen MR) is 51.7 cm³/mol. The number of hydrogen-bond acceptors (Lipinski definition) is 3. The van der Waals surface area contributed by atoms with E-state index in [1.54, 1.807) is 6.20 Å². The van der Waals surface area contributed by atoms with Crippen molar-refractivity contribution >= 4 is 11.6 Å². The van der Waals surface area contributed by atoms with Crippen molar-refractivity contribution in [2.45, 2.75) is 12.8 Å². The van der Waals surface area contributed by atoms with E-state index in [-0.39, 0.29) is 0 Å². The average Bonchev–Trinajstić information content (AvgIpc) is 2.57. The zero-order valence-corrected chi connectivity index (χ0v) is 8.09. The SMILES string of the molecule is Clc1cnnc(CC2CCNC2)c1. The Morgan fingerprint density at radius 1 is 1.62 bits per heavy atom. The highest BCUT2D eigenvalue weighted by Gasteiger charge is 2.15. The third-order valence-electron chi connectivity index (χ3n) is 2.33. The van der Waals surface area contributed by atoms with E-state index in [1.807, 2.05) is 6.07 Å². The van der Waals surface area contributed by atoms with E-state index >= 15 is 0 Å². The number of aromatic nitrogens is 2. The Morgan fingerprint density at radius 2 is 2.54 bits per heavy atom. The number of nitrogens with zero attached hydrogens (tertiary/aromatic N) is 2. The monoisotopic (exact) mass is 197 g/mol. The van der Waals surface area contributed by atoms with Crippen molar-refractivity contribution in [3.05, 3.63) is 23.0 Å². The van der Waals surface area contributed by atoms with Crippen molar-refractivity contribution < 1.29 is 0 Å². The Hall–Kier alpha value is -0.670. The van der Waals surface area contributed by atoms with Crippen LogP contribution in [0.3, 0.4) is 0 Å². The molecule has 2 heterocycles. The second-order valence-electron chi connectivity index (χ2n) is 3.43. The van der Waals surface area contributed by atoms with Gasteiger partial charge in [-0.1, -0.05) is 11.6 Å². The molecule has 1 unspecified atom stereocenters. The van der Waals surface area contributed by atoms with Crippen LogP contribution in [0.15, 0.2) is 12.3 Å². The fourth-order valence-corrected chi connectivity index (χ4v) is 1.84. The van der Waals surface area contributed by atoms with E-state index in [9.17, 15) is 0 Å². The average molecular weight is 198 g/mol. The summed E-state index contributed by atoms with van der Waals surface area (Å²) in [5.74, 6) is 0.702. The molecule has 0 aliphatic carbocycles. The maximum Gasteiger partial charge on any atom is 0.0682 e. The minimum Gasteiger partial charge on any atom is -0.316 e. The van der Waals surface area contributed by atoms with E-state index < -0.39 is 0 Å². The Bertz CT molecular complexity index is 284. The van der Waals surface area contributed by atoms with E-state index in [0.717, 1.165) is 25.2 Å². The summed E-state index contributed by atoms with van der Waals surface area (Å²) in [4.78, 5) is 0. The van der Waals surface area contributed by atoms with E-state index in [0.29, 0.717) is 10.9 Å². The molecule has 1 aromatic heterocycles. The molecule has 1 aliphatic heterocycles. The molecule has 13 heavy (non-hydrogen) atoms. The van der Waals surface area contributed by atoms with Crippen LogP contribution in [0.1, 0.15) is 12.1 Å². The Labute approximate surface area is 82.5 Å². The fraction of sp³-hybridized carbons (Fsp3) is 0.556. The van der Waals surface area contributed by atoms with Crippen LogP contribution >= 0.6 is 11.6 Å². The predicted octanol–water partition coefficient (Wildman–Crippen LogP) is 1.28. The van der Waals surface area contributed by atoms with Gasteiger partial charge in [-0.2, -0.15) is 10.2 Å². The Balaban J connectivity index is 2.00. The summed E-state index contributed by atoms with van der Waals surface area (Å²) >= 11 is 5.81. The highest BCUT2D eigenvalue weighted by molar-refractivity contribution is 6.30. The first-order valence-electron chi connectivity index (χ1n) is 4.52. The van der Waals surface area contributed by atoms with Gasteiger partial charge < -0.3 is 5.32 Å². The van der Waals surface area contributed by atoms with Crippen molar-refractivity contribution in [1.29, 1.82) is 0 Å². The van der Waals surface area contributed by atoms with E-state index in [2.05, 4.69) is 15.5 Å². The summed E-state index contributed by atoms with van der Waals surface area (Å²) in [5, 5.41) is 11.9. The zero-order valence-electron chi connectivity index (χ0n) is 7.33. The van der Waals surface area contributed by atoms with E-state index in [4.69, 9.17) is 11.6 Å². The highest BCUT2D eigenvalue weighted by atomic mass is 35.5. The molecule has 1 atom stereocenters. The van der Waals surface area contributed by atoms with Gasteiger partial charge in [0.2, 0.25) is 0 Å². The van der Waals surface area contributed by atoms with Crippen molar-refractivity contribution in [3.63, 3.8) is 0 Å². The number of nitrogens with one attached hydrogen (secondary N) is 1. The minimum atomic E-state index is 0.677. The molecule has 1 fully saturated rings. The summed E-state index contributed by atoms with van der Waals surface area (Å²) in [6.07, 6.45) is 3.78. The molecule has 1 aromatic rings. The molecule has 4 heteroatoms. The summed E-state index contributed by atoms with van der Waals surface area (Å²) in [6.45, 7) is 2.22. The van der Waals surface area contributed by atoms with Gasteiger partial charge in [-0.05, 0) is 37.9 Å². The minimum absolute atomic E-state index is 0.677.